The monoisotopic (exact) mass is 335 g/mol. The van der Waals surface area contributed by atoms with E-state index in [9.17, 15) is 4.79 Å². The van der Waals surface area contributed by atoms with Gasteiger partial charge in [0.05, 0.1) is 12.1 Å². The summed E-state index contributed by atoms with van der Waals surface area (Å²) < 4.78 is 0. The van der Waals surface area contributed by atoms with Crippen molar-refractivity contribution in [3.05, 3.63) is 52.8 Å². The molecule has 0 bridgehead atoms. The van der Waals surface area contributed by atoms with Crippen molar-refractivity contribution in [2.45, 2.75) is 56.3 Å². The molecule has 4 nitrogen and oxygen atoms in total. The lowest BCUT2D eigenvalue weighted by atomic mass is 9.78. The molecule has 1 spiro atoms. The first kappa shape index (κ1) is 15.2. The van der Waals surface area contributed by atoms with Gasteiger partial charge in [-0.15, -0.1) is 0 Å². The van der Waals surface area contributed by atoms with Gasteiger partial charge in [0.25, 0.3) is 0 Å². The van der Waals surface area contributed by atoms with E-state index in [1.807, 2.05) is 6.20 Å². The second-order valence-corrected chi connectivity index (χ2v) is 8.06. The number of aromatic amines is 1. The normalized spacial score (nSPS) is 29.8. The van der Waals surface area contributed by atoms with Gasteiger partial charge in [0.2, 0.25) is 5.91 Å². The van der Waals surface area contributed by atoms with Crippen LogP contribution in [0.2, 0.25) is 0 Å². The molecule has 1 saturated carbocycles. The van der Waals surface area contributed by atoms with Crippen LogP contribution in [0.5, 0.6) is 0 Å². The average Bonchev–Trinajstić information content (AvgIpc) is 3.11. The summed E-state index contributed by atoms with van der Waals surface area (Å²) in [4.78, 5) is 12.8. The van der Waals surface area contributed by atoms with Crippen LogP contribution in [0.25, 0.3) is 0 Å². The lowest BCUT2D eigenvalue weighted by molar-refractivity contribution is -0.122. The molecule has 2 aromatic rings. The summed E-state index contributed by atoms with van der Waals surface area (Å²) in [5.41, 5.74) is 5.68. The molecule has 0 saturated heterocycles. The van der Waals surface area contributed by atoms with Crippen LogP contribution in [-0.4, -0.2) is 22.6 Å². The lowest BCUT2D eigenvalue weighted by Crippen LogP contribution is -2.34. The van der Waals surface area contributed by atoms with Gasteiger partial charge < -0.3 is 5.32 Å². The Morgan fingerprint density at radius 2 is 2.20 bits per heavy atom. The quantitative estimate of drug-likeness (QED) is 0.905. The predicted octanol–water partition coefficient (Wildman–Crippen LogP) is 3.24. The molecule has 2 N–H and O–H groups in total. The molecule has 5 rings (SSSR count). The smallest absolute Gasteiger partial charge is 0.227 e. The molecule has 0 aliphatic heterocycles. The lowest BCUT2D eigenvalue weighted by Gasteiger charge is -2.27. The SMILES string of the molecule is O=C(NC[C@@H]1C[C@@]12CCCc1ccccc12)[C@@H]1CCCc2[nH]ncc21. The Morgan fingerprint density at radius 1 is 1.28 bits per heavy atom. The standard InChI is InChI=1S/C21H25N3O/c25-20(16-7-3-9-19-17(16)13-23-24-19)22-12-15-11-21(15)10-4-6-14-5-1-2-8-18(14)21/h1-2,5,8,13,15-16H,3-4,6-7,9-12H2,(H,22,25)(H,23,24)/t15-,16+,21-/m0/s1. The summed E-state index contributed by atoms with van der Waals surface area (Å²) in [6.45, 7) is 0.816. The number of carbonyl (C=O) groups is 1. The van der Waals surface area contributed by atoms with E-state index in [1.165, 1.54) is 31.2 Å². The number of hydrogen-bond donors (Lipinski definition) is 2. The number of carbonyl (C=O) groups excluding carboxylic acids is 1. The predicted molar refractivity (Wildman–Crippen MR) is 96.4 cm³/mol. The van der Waals surface area contributed by atoms with Gasteiger partial charge in [-0.05, 0) is 62.0 Å². The molecule has 3 atom stereocenters. The highest BCUT2D eigenvalue weighted by atomic mass is 16.1. The van der Waals surface area contributed by atoms with E-state index in [0.717, 1.165) is 37.1 Å². The number of benzene rings is 1. The zero-order chi connectivity index (χ0) is 16.9. The summed E-state index contributed by atoms with van der Waals surface area (Å²) >= 11 is 0. The van der Waals surface area contributed by atoms with Crippen molar-refractivity contribution in [3.8, 4) is 0 Å². The fourth-order valence-corrected chi connectivity index (χ4v) is 5.32. The van der Waals surface area contributed by atoms with Crippen LogP contribution in [-0.2, 0) is 23.1 Å². The Kier molecular flexibility index (Phi) is 3.47. The Morgan fingerprint density at radius 3 is 3.16 bits per heavy atom. The van der Waals surface area contributed by atoms with Crippen molar-refractivity contribution in [1.29, 1.82) is 0 Å². The first-order valence-corrected chi connectivity index (χ1v) is 9.66. The van der Waals surface area contributed by atoms with Gasteiger partial charge in [-0.1, -0.05) is 24.3 Å². The topological polar surface area (TPSA) is 57.8 Å². The van der Waals surface area contributed by atoms with Crippen LogP contribution in [0.4, 0.5) is 0 Å². The van der Waals surface area contributed by atoms with Crippen LogP contribution in [0.1, 0.15) is 60.4 Å². The molecule has 25 heavy (non-hydrogen) atoms. The summed E-state index contributed by atoms with van der Waals surface area (Å²) in [5.74, 6) is 0.773. The largest absolute Gasteiger partial charge is 0.355 e. The van der Waals surface area contributed by atoms with Crippen LogP contribution in [0.15, 0.2) is 30.5 Å². The van der Waals surface area contributed by atoms with Crippen molar-refractivity contribution in [1.82, 2.24) is 15.5 Å². The van der Waals surface area contributed by atoms with Crippen LogP contribution in [0.3, 0.4) is 0 Å². The Bertz CT molecular complexity index is 811. The molecule has 1 aromatic heterocycles. The molecule has 1 heterocycles. The molecule has 0 unspecified atom stereocenters. The van der Waals surface area contributed by atoms with E-state index in [4.69, 9.17) is 0 Å². The van der Waals surface area contributed by atoms with Gasteiger partial charge in [-0.2, -0.15) is 5.10 Å². The molecular weight excluding hydrogens is 310 g/mol. The number of nitrogens with zero attached hydrogens (tertiary/aromatic N) is 1. The summed E-state index contributed by atoms with van der Waals surface area (Å²) in [6, 6.07) is 8.92. The maximum atomic E-state index is 12.8. The molecule has 0 radical (unpaired) electrons. The van der Waals surface area contributed by atoms with Crippen LogP contribution < -0.4 is 5.32 Å². The zero-order valence-corrected chi connectivity index (χ0v) is 14.6. The molecule has 4 heteroatoms. The molecular formula is C21H25N3O. The second-order valence-electron chi connectivity index (χ2n) is 8.06. The van der Waals surface area contributed by atoms with Gasteiger partial charge in [0, 0.05) is 23.2 Å². The molecule has 1 fully saturated rings. The van der Waals surface area contributed by atoms with Gasteiger partial charge in [0.15, 0.2) is 0 Å². The van der Waals surface area contributed by atoms with Crippen molar-refractivity contribution >= 4 is 5.91 Å². The number of aromatic nitrogens is 2. The minimum atomic E-state index is -0.0177. The fraction of sp³-hybridized carbons (Fsp3) is 0.524. The molecule has 3 aliphatic carbocycles. The number of H-pyrrole nitrogens is 1. The summed E-state index contributed by atoms with van der Waals surface area (Å²) in [5, 5.41) is 10.4. The molecule has 3 aliphatic rings. The Labute approximate surface area is 148 Å². The maximum absolute atomic E-state index is 12.8. The van der Waals surface area contributed by atoms with Crippen molar-refractivity contribution < 1.29 is 4.79 Å². The Hall–Kier alpha value is -2.10. The van der Waals surface area contributed by atoms with Gasteiger partial charge in [0.1, 0.15) is 0 Å². The van der Waals surface area contributed by atoms with E-state index in [2.05, 4.69) is 39.8 Å². The highest BCUT2D eigenvalue weighted by Gasteiger charge is 2.56. The van der Waals surface area contributed by atoms with E-state index in [-0.39, 0.29) is 11.8 Å². The number of rotatable bonds is 3. The first-order valence-electron chi connectivity index (χ1n) is 9.66. The molecule has 1 amide bonds. The number of aryl methyl sites for hydroxylation is 2. The number of nitrogens with one attached hydrogen (secondary N) is 2. The first-order chi connectivity index (χ1) is 12.3. The summed E-state index contributed by atoms with van der Waals surface area (Å²) in [7, 11) is 0. The van der Waals surface area contributed by atoms with Gasteiger partial charge in [-0.25, -0.2) is 0 Å². The van der Waals surface area contributed by atoms with Crippen molar-refractivity contribution in [2.75, 3.05) is 6.54 Å². The fourth-order valence-electron chi connectivity index (χ4n) is 5.32. The van der Waals surface area contributed by atoms with Crippen LogP contribution >= 0.6 is 0 Å². The molecule has 130 valence electrons. The van der Waals surface area contributed by atoms with E-state index < -0.39 is 0 Å². The number of amides is 1. The minimum absolute atomic E-state index is 0.0177. The van der Waals surface area contributed by atoms with Crippen molar-refractivity contribution in [2.24, 2.45) is 5.92 Å². The summed E-state index contributed by atoms with van der Waals surface area (Å²) in [6.07, 6.45) is 9.86. The average molecular weight is 335 g/mol. The van der Waals surface area contributed by atoms with E-state index in [0.29, 0.717) is 11.3 Å². The Balaban J connectivity index is 1.27. The van der Waals surface area contributed by atoms with Crippen LogP contribution in [0, 0.1) is 5.92 Å². The number of fused-ring (bicyclic) bond motifs is 3. The maximum Gasteiger partial charge on any atom is 0.227 e. The van der Waals surface area contributed by atoms with Gasteiger partial charge in [-0.3, -0.25) is 9.89 Å². The second kappa shape index (κ2) is 5.72. The zero-order valence-electron chi connectivity index (χ0n) is 14.6. The van der Waals surface area contributed by atoms with E-state index in [1.54, 1.807) is 5.56 Å². The van der Waals surface area contributed by atoms with Gasteiger partial charge >= 0.3 is 0 Å². The third kappa shape index (κ3) is 2.42. The molecule has 1 aromatic carbocycles. The third-order valence-corrected chi connectivity index (χ3v) is 6.74. The number of hydrogen-bond acceptors (Lipinski definition) is 2. The minimum Gasteiger partial charge on any atom is -0.355 e. The van der Waals surface area contributed by atoms with E-state index >= 15 is 0 Å². The van der Waals surface area contributed by atoms with Crippen molar-refractivity contribution in [3.63, 3.8) is 0 Å². The highest BCUT2D eigenvalue weighted by Crippen LogP contribution is 2.59. The highest BCUT2D eigenvalue weighted by molar-refractivity contribution is 5.84. The third-order valence-electron chi connectivity index (χ3n) is 6.74.